The highest BCUT2D eigenvalue weighted by atomic mass is 32.1. The molecule has 0 fully saturated rings. The number of hydrogen-bond donors (Lipinski definition) is 3. The summed E-state index contributed by atoms with van der Waals surface area (Å²) in [5.41, 5.74) is -2.44. The van der Waals surface area contributed by atoms with Crippen LogP contribution in [0.1, 0.15) is 38.5 Å². The van der Waals surface area contributed by atoms with Gasteiger partial charge in [0.05, 0.1) is 39.1 Å². The van der Waals surface area contributed by atoms with Crippen LogP contribution in [0.3, 0.4) is 0 Å². The van der Waals surface area contributed by atoms with Crippen molar-refractivity contribution in [3.63, 3.8) is 0 Å². The molecule has 1 rings (SSSR count). The van der Waals surface area contributed by atoms with Crippen molar-refractivity contribution in [2.24, 2.45) is 0 Å². The van der Waals surface area contributed by atoms with Crippen LogP contribution < -0.4 is 17.1 Å². The Labute approximate surface area is 224 Å². The lowest BCUT2D eigenvalue weighted by Gasteiger charge is -2.14. The molecule has 0 N–H and O–H groups in total. The van der Waals surface area contributed by atoms with Gasteiger partial charge in [-0.2, -0.15) is 37.9 Å². The number of esters is 3. The molecule has 0 aliphatic rings. The molecule has 0 aliphatic heterocycles. The summed E-state index contributed by atoms with van der Waals surface area (Å²) in [6, 6.07) is 0. The maximum absolute atomic E-state index is 12.9. The highest BCUT2D eigenvalue weighted by Gasteiger charge is 2.16. The quantitative estimate of drug-likeness (QED) is 0.0961. The second-order valence-electron chi connectivity index (χ2n) is 7.45. The predicted octanol–water partition coefficient (Wildman–Crippen LogP) is -0.0687. The molecule has 36 heavy (non-hydrogen) atoms. The van der Waals surface area contributed by atoms with Crippen molar-refractivity contribution >= 4 is 55.8 Å². The monoisotopic (exact) mass is 567 g/mol. The third-order valence-corrected chi connectivity index (χ3v) is 5.37. The molecule has 0 aliphatic carbocycles. The molecule has 0 bridgehead atoms. The van der Waals surface area contributed by atoms with Crippen LogP contribution in [0.4, 0.5) is 0 Å². The molecule has 1 aromatic rings. The van der Waals surface area contributed by atoms with Crippen molar-refractivity contribution in [2.45, 2.75) is 58.2 Å². The summed E-state index contributed by atoms with van der Waals surface area (Å²) in [6.07, 6.45) is 0.935. The maximum atomic E-state index is 12.9. The van der Waals surface area contributed by atoms with E-state index in [-0.39, 0.29) is 78.0 Å². The van der Waals surface area contributed by atoms with Gasteiger partial charge in [-0.05, 0) is 19.3 Å². The van der Waals surface area contributed by atoms with Crippen molar-refractivity contribution in [1.29, 1.82) is 0 Å². The van der Waals surface area contributed by atoms with Crippen LogP contribution >= 0.6 is 37.9 Å². The Morgan fingerprint density at radius 3 is 1.00 bits per heavy atom. The first-order chi connectivity index (χ1) is 17.3. The maximum Gasteiger partial charge on any atom is 0.336 e. The van der Waals surface area contributed by atoms with Gasteiger partial charge in [0.15, 0.2) is 0 Å². The van der Waals surface area contributed by atoms with E-state index in [9.17, 15) is 28.8 Å². The summed E-state index contributed by atoms with van der Waals surface area (Å²) < 4.78 is 17.8. The summed E-state index contributed by atoms with van der Waals surface area (Å²) in [7, 11) is 0. The van der Waals surface area contributed by atoms with Crippen LogP contribution in [0.2, 0.25) is 0 Å². The molecule has 0 unspecified atom stereocenters. The molecule has 0 atom stereocenters. The number of hydrogen-bond acceptors (Lipinski definition) is 12. The zero-order chi connectivity index (χ0) is 26.9. The first-order valence-corrected chi connectivity index (χ1v) is 13.4. The van der Waals surface area contributed by atoms with Crippen LogP contribution in [0.5, 0.6) is 0 Å². The van der Waals surface area contributed by atoms with Gasteiger partial charge in [0.1, 0.15) is 0 Å². The zero-order valence-electron chi connectivity index (χ0n) is 20.0. The summed E-state index contributed by atoms with van der Waals surface area (Å²) in [4.78, 5) is 73.2. The largest absolute Gasteiger partial charge is 0.466 e. The molecule has 0 aromatic carbocycles. The molecule has 0 spiro atoms. The number of nitrogens with zero attached hydrogens (tertiary/aromatic N) is 3. The Bertz CT molecular complexity index is 877. The fourth-order valence-corrected chi connectivity index (χ4v) is 3.52. The fraction of sp³-hybridized carbons (Fsp3) is 0.714. The summed E-state index contributed by atoms with van der Waals surface area (Å²) in [5.74, 6) is -0.329. The average molecular weight is 568 g/mol. The SMILES string of the molecule is O=C(CCS)OCCCn1c(=O)n(CCCOC(=O)CCS)c(=O)n(CCCOC(=O)CCS)c1=O. The van der Waals surface area contributed by atoms with Gasteiger partial charge < -0.3 is 14.2 Å². The number of thiol groups is 3. The Balaban J connectivity index is 3.00. The van der Waals surface area contributed by atoms with Crippen molar-refractivity contribution in [2.75, 3.05) is 37.1 Å². The minimum Gasteiger partial charge on any atom is -0.466 e. The molecule has 0 saturated carbocycles. The van der Waals surface area contributed by atoms with E-state index >= 15 is 0 Å². The number of carbonyl (C=O) groups excluding carboxylic acids is 3. The molecule has 0 saturated heterocycles. The van der Waals surface area contributed by atoms with Crippen LogP contribution in [-0.4, -0.2) is 68.7 Å². The molecule has 0 radical (unpaired) electrons. The third-order valence-electron chi connectivity index (χ3n) is 4.70. The molecular formula is C21H33N3O9S3. The second kappa shape index (κ2) is 18.2. The van der Waals surface area contributed by atoms with Crippen LogP contribution in [0, 0.1) is 0 Å². The molecule has 204 valence electrons. The number of ether oxygens (including phenoxy) is 3. The van der Waals surface area contributed by atoms with E-state index in [1.54, 1.807) is 0 Å². The van der Waals surface area contributed by atoms with E-state index in [2.05, 4.69) is 37.9 Å². The van der Waals surface area contributed by atoms with Crippen molar-refractivity contribution in [1.82, 2.24) is 13.7 Å². The minimum absolute atomic E-state index is 0.0141. The van der Waals surface area contributed by atoms with Gasteiger partial charge in [0.2, 0.25) is 0 Å². The number of aromatic nitrogens is 3. The van der Waals surface area contributed by atoms with Crippen molar-refractivity contribution in [3.8, 4) is 0 Å². The number of rotatable bonds is 18. The minimum atomic E-state index is -0.815. The molecule has 0 amide bonds. The van der Waals surface area contributed by atoms with Gasteiger partial charge in [0, 0.05) is 36.9 Å². The van der Waals surface area contributed by atoms with Gasteiger partial charge >= 0.3 is 35.0 Å². The Morgan fingerprint density at radius 1 is 0.528 bits per heavy atom. The van der Waals surface area contributed by atoms with E-state index in [0.29, 0.717) is 17.3 Å². The van der Waals surface area contributed by atoms with E-state index in [0.717, 1.165) is 13.7 Å². The lowest BCUT2D eigenvalue weighted by molar-refractivity contribution is -0.144. The van der Waals surface area contributed by atoms with Crippen molar-refractivity contribution < 1.29 is 28.6 Å². The van der Waals surface area contributed by atoms with Gasteiger partial charge in [-0.1, -0.05) is 0 Å². The fourth-order valence-electron chi connectivity index (χ4n) is 2.97. The molecular weight excluding hydrogens is 534 g/mol. The van der Waals surface area contributed by atoms with Gasteiger partial charge in [-0.25, -0.2) is 28.1 Å². The Morgan fingerprint density at radius 2 is 0.778 bits per heavy atom. The lowest BCUT2D eigenvalue weighted by atomic mass is 10.4. The molecule has 1 aromatic heterocycles. The number of carbonyl (C=O) groups is 3. The zero-order valence-corrected chi connectivity index (χ0v) is 22.6. The van der Waals surface area contributed by atoms with Crippen LogP contribution in [0.25, 0.3) is 0 Å². The molecule has 1 heterocycles. The van der Waals surface area contributed by atoms with E-state index < -0.39 is 35.0 Å². The predicted molar refractivity (Wildman–Crippen MR) is 141 cm³/mol. The summed E-state index contributed by atoms with van der Waals surface area (Å²) in [5, 5.41) is 0. The van der Waals surface area contributed by atoms with Crippen molar-refractivity contribution in [3.05, 3.63) is 31.5 Å². The average Bonchev–Trinajstić information content (AvgIpc) is 2.83. The van der Waals surface area contributed by atoms with Gasteiger partial charge in [-0.15, -0.1) is 0 Å². The van der Waals surface area contributed by atoms with Gasteiger partial charge in [0.25, 0.3) is 0 Å². The van der Waals surface area contributed by atoms with E-state index in [1.807, 2.05) is 0 Å². The van der Waals surface area contributed by atoms with E-state index in [1.165, 1.54) is 0 Å². The first kappa shape index (κ1) is 31.9. The van der Waals surface area contributed by atoms with Crippen LogP contribution in [0.15, 0.2) is 14.4 Å². The third kappa shape index (κ3) is 11.3. The Kier molecular flexibility index (Phi) is 16.1. The first-order valence-electron chi connectivity index (χ1n) is 11.5. The lowest BCUT2D eigenvalue weighted by Crippen LogP contribution is -2.54. The second-order valence-corrected chi connectivity index (χ2v) is 8.79. The highest BCUT2D eigenvalue weighted by Crippen LogP contribution is 1.95. The topological polar surface area (TPSA) is 145 Å². The van der Waals surface area contributed by atoms with Crippen LogP contribution in [-0.2, 0) is 48.2 Å². The summed E-state index contributed by atoms with van der Waals surface area (Å²) in [6.45, 7) is -0.292. The smallest absolute Gasteiger partial charge is 0.336 e. The normalized spacial score (nSPS) is 10.8. The summed E-state index contributed by atoms with van der Waals surface area (Å²) >= 11 is 11.8. The molecule has 12 nitrogen and oxygen atoms in total. The standard InChI is InChI=1S/C21H33N3O9S3/c25-16(4-13-34)31-10-1-7-22-19(28)23(8-2-11-32-17(26)5-14-35)21(30)24(20(22)29)9-3-12-33-18(27)6-15-36/h34-36H,1-15H2. The molecule has 15 heteroatoms. The van der Waals surface area contributed by atoms with E-state index in [4.69, 9.17) is 14.2 Å². The Hall–Kier alpha value is -2.13. The van der Waals surface area contributed by atoms with Gasteiger partial charge in [-0.3, -0.25) is 14.4 Å². The highest BCUT2D eigenvalue weighted by molar-refractivity contribution is 7.80.